The Kier molecular flexibility index (Phi) is 10.5. The summed E-state index contributed by atoms with van der Waals surface area (Å²) in [6.07, 6.45) is 3.06. The van der Waals surface area contributed by atoms with E-state index in [1.165, 1.54) is 0 Å². The van der Waals surface area contributed by atoms with Crippen molar-refractivity contribution < 1.29 is 19.1 Å². The second-order valence-electron chi connectivity index (χ2n) is 6.77. The third kappa shape index (κ3) is 11.8. The number of ether oxygens (including phenoxy) is 1. The van der Waals surface area contributed by atoms with Gasteiger partial charge in [0.2, 0.25) is 11.8 Å². The van der Waals surface area contributed by atoms with Crippen LogP contribution in [0.5, 0.6) is 0 Å². The molecule has 0 fully saturated rings. The maximum absolute atomic E-state index is 12.3. The lowest BCUT2D eigenvalue weighted by molar-refractivity contribution is -0.130. The molecule has 2 N–H and O–H groups in total. The molecule has 0 saturated heterocycles. The van der Waals surface area contributed by atoms with Gasteiger partial charge in [0.25, 0.3) is 0 Å². The summed E-state index contributed by atoms with van der Waals surface area (Å²) in [6, 6.07) is -0.582. The van der Waals surface area contributed by atoms with Crippen LogP contribution in [0, 0.1) is 0 Å². The van der Waals surface area contributed by atoms with Gasteiger partial charge >= 0.3 is 0 Å². The van der Waals surface area contributed by atoms with Crippen LogP contribution in [0.1, 0.15) is 66.7 Å². The Bertz CT molecular complexity index is 377. The van der Waals surface area contributed by atoms with Crippen LogP contribution >= 0.6 is 0 Å². The van der Waals surface area contributed by atoms with E-state index in [-0.39, 0.29) is 36.3 Å². The molecule has 134 valence electrons. The van der Waals surface area contributed by atoms with Gasteiger partial charge in [-0.1, -0.05) is 13.3 Å². The minimum Gasteiger partial charge on any atom is -0.376 e. The van der Waals surface area contributed by atoms with Crippen LogP contribution in [0.3, 0.4) is 0 Å². The van der Waals surface area contributed by atoms with E-state index in [0.29, 0.717) is 25.7 Å². The zero-order valence-electron chi connectivity index (χ0n) is 15.1. The smallest absolute Gasteiger partial charge is 0.242 e. The van der Waals surface area contributed by atoms with Crippen LogP contribution < -0.4 is 10.6 Å². The van der Waals surface area contributed by atoms with Crippen molar-refractivity contribution >= 4 is 18.1 Å². The van der Waals surface area contributed by atoms with E-state index < -0.39 is 6.04 Å². The summed E-state index contributed by atoms with van der Waals surface area (Å²) < 4.78 is 5.64. The summed E-state index contributed by atoms with van der Waals surface area (Å²) in [5, 5.41) is 5.61. The second kappa shape index (κ2) is 11.2. The van der Waals surface area contributed by atoms with Gasteiger partial charge in [-0.25, -0.2) is 0 Å². The molecule has 0 aromatic carbocycles. The molecule has 0 aromatic heterocycles. The predicted molar refractivity (Wildman–Crippen MR) is 90.1 cm³/mol. The minimum absolute atomic E-state index is 0.0314. The molecule has 0 aliphatic carbocycles. The zero-order valence-corrected chi connectivity index (χ0v) is 15.1. The first-order chi connectivity index (χ1) is 10.7. The van der Waals surface area contributed by atoms with E-state index in [4.69, 9.17) is 4.74 Å². The molecule has 0 saturated carbocycles. The lowest BCUT2D eigenvalue weighted by Crippen LogP contribution is -2.49. The Morgan fingerprint density at radius 3 is 2.35 bits per heavy atom. The fourth-order valence-electron chi connectivity index (χ4n) is 1.97. The van der Waals surface area contributed by atoms with Crippen molar-refractivity contribution in [3.63, 3.8) is 0 Å². The molecule has 0 aromatic rings. The van der Waals surface area contributed by atoms with E-state index in [9.17, 15) is 14.4 Å². The van der Waals surface area contributed by atoms with E-state index >= 15 is 0 Å². The number of carbonyl (C=O) groups is 3. The lowest BCUT2D eigenvalue weighted by atomic mass is 10.1. The number of amides is 2. The number of carbonyl (C=O) groups excluding carboxylic acids is 3. The van der Waals surface area contributed by atoms with Crippen molar-refractivity contribution in [3.8, 4) is 0 Å². The van der Waals surface area contributed by atoms with Gasteiger partial charge in [-0.15, -0.1) is 0 Å². The SMILES string of the molecule is CCCC(NC(=O)CCC=O)C(=O)NC(C)CCOC(C)(C)C. The second-order valence-corrected chi connectivity index (χ2v) is 6.77. The number of rotatable bonds is 11. The number of nitrogens with one attached hydrogen (secondary N) is 2. The fraction of sp³-hybridized carbons (Fsp3) is 0.824. The normalized spacial score (nSPS) is 14.0. The van der Waals surface area contributed by atoms with Crippen LogP contribution in [0.4, 0.5) is 0 Å². The van der Waals surface area contributed by atoms with Gasteiger partial charge in [-0.2, -0.15) is 0 Å². The quantitative estimate of drug-likeness (QED) is 0.568. The number of hydrogen-bond donors (Lipinski definition) is 2. The van der Waals surface area contributed by atoms with Gasteiger partial charge < -0.3 is 20.2 Å². The summed E-state index contributed by atoms with van der Waals surface area (Å²) in [4.78, 5) is 34.3. The van der Waals surface area contributed by atoms with Crippen LogP contribution in [0.15, 0.2) is 0 Å². The first kappa shape index (κ1) is 21.6. The van der Waals surface area contributed by atoms with Crippen LogP contribution in [-0.2, 0) is 19.1 Å². The molecule has 0 rings (SSSR count). The van der Waals surface area contributed by atoms with Crippen molar-refractivity contribution in [2.24, 2.45) is 0 Å². The number of hydrogen-bond acceptors (Lipinski definition) is 4. The van der Waals surface area contributed by atoms with Crippen LogP contribution in [0.2, 0.25) is 0 Å². The molecule has 6 nitrogen and oxygen atoms in total. The topological polar surface area (TPSA) is 84.5 Å². The van der Waals surface area contributed by atoms with Gasteiger partial charge in [0.15, 0.2) is 0 Å². The first-order valence-corrected chi connectivity index (χ1v) is 8.37. The van der Waals surface area contributed by atoms with Gasteiger partial charge in [-0.05, 0) is 40.5 Å². The van der Waals surface area contributed by atoms with E-state index in [1.807, 2.05) is 34.6 Å². The summed E-state index contributed by atoms with van der Waals surface area (Å²) in [5.74, 6) is -0.455. The highest BCUT2D eigenvalue weighted by Gasteiger charge is 2.21. The molecule has 2 unspecified atom stereocenters. The summed E-state index contributed by atoms with van der Waals surface area (Å²) >= 11 is 0. The van der Waals surface area contributed by atoms with Gasteiger partial charge in [0, 0.05) is 25.5 Å². The molecule has 2 amide bonds. The average molecular weight is 328 g/mol. The van der Waals surface area contributed by atoms with Crippen molar-refractivity contribution in [1.82, 2.24) is 10.6 Å². The van der Waals surface area contributed by atoms with Gasteiger partial charge in [0.05, 0.1) is 5.60 Å². The molecule has 0 aliphatic rings. The van der Waals surface area contributed by atoms with E-state index in [0.717, 1.165) is 6.42 Å². The molecule has 6 heteroatoms. The van der Waals surface area contributed by atoms with Gasteiger partial charge in [-0.3, -0.25) is 9.59 Å². The van der Waals surface area contributed by atoms with Crippen LogP contribution in [0.25, 0.3) is 0 Å². The van der Waals surface area contributed by atoms with E-state index in [2.05, 4.69) is 10.6 Å². The standard InChI is InChI=1S/C17H32N2O4/c1-6-8-14(19-15(21)9-7-11-20)16(22)18-13(2)10-12-23-17(3,4)5/h11,13-14H,6-10,12H2,1-5H3,(H,18,22)(H,19,21). The molecule has 0 aliphatic heterocycles. The third-order valence-electron chi connectivity index (χ3n) is 3.19. The highest BCUT2D eigenvalue weighted by Crippen LogP contribution is 2.08. The van der Waals surface area contributed by atoms with Crippen LogP contribution in [-0.4, -0.2) is 42.4 Å². The van der Waals surface area contributed by atoms with Crippen molar-refractivity contribution in [2.45, 2.75) is 84.4 Å². The molecule has 0 spiro atoms. The molecule has 2 atom stereocenters. The van der Waals surface area contributed by atoms with Gasteiger partial charge in [0.1, 0.15) is 12.3 Å². The lowest BCUT2D eigenvalue weighted by Gasteiger charge is -2.23. The maximum atomic E-state index is 12.3. The third-order valence-corrected chi connectivity index (χ3v) is 3.19. The maximum Gasteiger partial charge on any atom is 0.242 e. The Balaban J connectivity index is 4.32. The summed E-state index contributed by atoms with van der Waals surface area (Å²) in [5.41, 5.74) is -0.193. The largest absolute Gasteiger partial charge is 0.376 e. The number of aldehydes is 1. The zero-order chi connectivity index (χ0) is 17.9. The monoisotopic (exact) mass is 328 g/mol. The molecule has 0 bridgehead atoms. The molecule has 23 heavy (non-hydrogen) atoms. The Hall–Kier alpha value is -1.43. The molecule has 0 heterocycles. The molecule has 0 radical (unpaired) electrons. The predicted octanol–water partition coefficient (Wildman–Crippen LogP) is 1.96. The first-order valence-electron chi connectivity index (χ1n) is 8.37. The molecular weight excluding hydrogens is 296 g/mol. The Morgan fingerprint density at radius 2 is 1.83 bits per heavy atom. The molecular formula is C17H32N2O4. The Labute approximate surface area is 139 Å². The highest BCUT2D eigenvalue weighted by atomic mass is 16.5. The summed E-state index contributed by atoms with van der Waals surface area (Å²) in [7, 11) is 0. The Morgan fingerprint density at radius 1 is 1.17 bits per heavy atom. The van der Waals surface area contributed by atoms with Crippen molar-refractivity contribution in [1.29, 1.82) is 0 Å². The fourth-order valence-corrected chi connectivity index (χ4v) is 1.97. The van der Waals surface area contributed by atoms with Crippen molar-refractivity contribution in [3.05, 3.63) is 0 Å². The summed E-state index contributed by atoms with van der Waals surface area (Å²) in [6.45, 7) is 10.4. The minimum atomic E-state index is -0.551. The average Bonchev–Trinajstić information content (AvgIpc) is 2.43. The highest BCUT2D eigenvalue weighted by molar-refractivity contribution is 5.88. The van der Waals surface area contributed by atoms with Crippen molar-refractivity contribution in [2.75, 3.05) is 6.61 Å². The van der Waals surface area contributed by atoms with E-state index in [1.54, 1.807) is 0 Å².